The molecule has 0 amide bonds. The van der Waals surface area contributed by atoms with Gasteiger partial charge in [-0.2, -0.15) is 0 Å². The molecule has 0 unspecified atom stereocenters. The van der Waals surface area contributed by atoms with Crippen molar-refractivity contribution >= 4 is 35.9 Å². The van der Waals surface area contributed by atoms with Crippen molar-refractivity contribution in [3.63, 3.8) is 0 Å². The van der Waals surface area contributed by atoms with Crippen LogP contribution >= 0.6 is 24.0 Å². The molecule has 166 valence electrons. The van der Waals surface area contributed by atoms with E-state index >= 15 is 0 Å². The quantitative estimate of drug-likeness (QED) is 0.212. The van der Waals surface area contributed by atoms with Gasteiger partial charge in [0, 0.05) is 71.7 Å². The Hall–Kier alpha value is -2.02. The normalized spacial score (nSPS) is 15.0. The molecule has 11 heteroatoms. The van der Waals surface area contributed by atoms with Crippen LogP contribution in [0.2, 0.25) is 0 Å². The van der Waals surface area contributed by atoms with Crippen LogP contribution in [0, 0.1) is 0 Å². The summed E-state index contributed by atoms with van der Waals surface area (Å²) in [5.74, 6) is 2.68. The van der Waals surface area contributed by atoms with E-state index in [-0.39, 0.29) is 24.0 Å². The van der Waals surface area contributed by atoms with Crippen LogP contribution in [0.3, 0.4) is 0 Å². The van der Waals surface area contributed by atoms with Crippen molar-refractivity contribution in [1.82, 2.24) is 40.3 Å². The molecule has 0 radical (unpaired) electrons. The van der Waals surface area contributed by atoms with E-state index in [0.717, 1.165) is 82.9 Å². The van der Waals surface area contributed by atoms with Crippen LogP contribution in [0.5, 0.6) is 0 Å². The first-order chi connectivity index (χ1) is 14.3. The van der Waals surface area contributed by atoms with Gasteiger partial charge in [-0.1, -0.05) is 6.92 Å². The van der Waals surface area contributed by atoms with Crippen LogP contribution in [0.1, 0.15) is 19.2 Å². The molecule has 2 N–H and O–H groups in total. The average molecular weight is 528 g/mol. The molecule has 0 bridgehead atoms. The van der Waals surface area contributed by atoms with Crippen LogP contribution in [0.4, 0.5) is 5.95 Å². The Morgan fingerprint density at radius 3 is 2.50 bits per heavy atom. The van der Waals surface area contributed by atoms with Crippen molar-refractivity contribution in [2.75, 3.05) is 57.8 Å². The minimum Gasteiger partial charge on any atom is -0.356 e. The standard InChI is InChI=1S/C19H32N10.HI/c1-3-17-26-25-16-29(17)11-9-22-18(20-2)21-8-5-10-27-12-14-28(15-13-27)19-23-6-4-7-24-19;/h4,6-7,16H,3,5,8-15H2,1-2H3,(H2,20,21,22);1H. The first-order valence-corrected chi connectivity index (χ1v) is 10.4. The zero-order valence-electron chi connectivity index (χ0n) is 17.9. The first kappa shape index (κ1) is 24.3. The predicted octanol–water partition coefficient (Wildman–Crippen LogP) is 0.626. The second-order valence-corrected chi connectivity index (χ2v) is 6.95. The van der Waals surface area contributed by atoms with E-state index in [2.05, 4.69) is 57.1 Å². The summed E-state index contributed by atoms with van der Waals surface area (Å²) in [6, 6.07) is 1.85. The third-order valence-corrected chi connectivity index (χ3v) is 5.03. The van der Waals surface area contributed by atoms with Gasteiger partial charge in [0.25, 0.3) is 0 Å². The van der Waals surface area contributed by atoms with E-state index in [0.29, 0.717) is 0 Å². The summed E-state index contributed by atoms with van der Waals surface area (Å²) < 4.78 is 2.07. The Kier molecular flexibility index (Phi) is 10.8. The van der Waals surface area contributed by atoms with Gasteiger partial charge in [0.2, 0.25) is 5.95 Å². The molecule has 1 fully saturated rings. The molecule has 1 aliphatic rings. The number of nitrogens with zero attached hydrogens (tertiary/aromatic N) is 8. The van der Waals surface area contributed by atoms with Crippen LogP contribution in [-0.2, 0) is 13.0 Å². The smallest absolute Gasteiger partial charge is 0.225 e. The van der Waals surface area contributed by atoms with Crippen LogP contribution in [-0.4, -0.2) is 88.5 Å². The maximum Gasteiger partial charge on any atom is 0.225 e. The van der Waals surface area contributed by atoms with E-state index in [1.807, 2.05) is 6.07 Å². The summed E-state index contributed by atoms with van der Waals surface area (Å²) in [7, 11) is 1.80. The number of halogens is 1. The fourth-order valence-corrected chi connectivity index (χ4v) is 3.39. The maximum absolute atomic E-state index is 4.34. The van der Waals surface area contributed by atoms with Crippen molar-refractivity contribution in [2.45, 2.75) is 26.3 Å². The zero-order chi connectivity index (χ0) is 20.3. The van der Waals surface area contributed by atoms with Crippen molar-refractivity contribution in [3.8, 4) is 0 Å². The van der Waals surface area contributed by atoms with Gasteiger partial charge in [-0.05, 0) is 19.0 Å². The Morgan fingerprint density at radius 2 is 1.80 bits per heavy atom. The minimum absolute atomic E-state index is 0. The molecule has 0 aliphatic carbocycles. The van der Waals surface area contributed by atoms with E-state index in [9.17, 15) is 0 Å². The highest BCUT2D eigenvalue weighted by atomic mass is 127. The summed E-state index contributed by atoms with van der Waals surface area (Å²) in [6.45, 7) is 9.72. The van der Waals surface area contributed by atoms with Crippen LogP contribution in [0.15, 0.2) is 29.8 Å². The molecule has 0 atom stereocenters. The van der Waals surface area contributed by atoms with Gasteiger partial charge < -0.3 is 20.1 Å². The van der Waals surface area contributed by atoms with Crippen molar-refractivity contribution in [3.05, 3.63) is 30.6 Å². The van der Waals surface area contributed by atoms with E-state index in [4.69, 9.17) is 0 Å². The second-order valence-electron chi connectivity index (χ2n) is 6.95. The van der Waals surface area contributed by atoms with E-state index in [1.54, 1.807) is 25.8 Å². The third-order valence-electron chi connectivity index (χ3n) is 5.03. The molecular weight excluding hydrogens is 495 g/mol. The highest BCUT2D eigenvalue weighted by Crippen LogP contribution is 2.09. The Bertz CT molecular complexity index is 743. The topological polar surface area (TPSA) is 99.4 Å². The molecule has 0 saturated carbocycles. The number of hydrogen-bond acceptors (Lipinski definition) is 7. The first-order valence-electron chi connectivity index (χ1n) is 10.4. The van der Waals surface area contributed by atoms with Crippen LogP contribution < -0.4 is 15.5 Å². The number of piperazine rings is 1. The lowest BCUT2D eigenvalue weighted by Crippen LogP contribution is -2.47. The summed E-state index contributed by atoms with van der Waals surface area (Å²) >= 11 is 0. The van der Waals surface area contributed by atoms with E-state index in [1.165, 1.54) is 0 Å². The summed E-state index contributed by atoms with van der Waals surface area (Å²) in [5, 5.41) is 14.8. The predicted molar refractivity (Wildman–Crippen MR) is 129 cm³/mol. The van der Waals surface area contributed by atoms with Gasteiger partial charge in [-0.15, -0.1) is 34.2 Å². The minimum atomic E-state index is 0. The number of aliphatic imine (C=N–C) groups is 1. The summed E-state index contributed by atoms with van der Waals surface area (Å²) in [5.41, 5.74) is 0. The van der Waals surface area contributed by atoms with Crippen LogP contribution in [0.25, 0.3) is 0 Å². The van der Waals surface area contributed by atoms with Crippen molar-refractivity contribution < 1.29 is 0 Å². The lowest BCUT2D eigenvalue weighted by atomic mass is 10.3. The molecule has 0 aromatic carbocycles. The summed E-state index contributed by atoms with van der Waals surface area (Å²) in [6.07, 6.45) is 7.35. The molecular formula is C19H33IN10. The second kappa shape index (κ2) is 13.3. The molecule has 1 aliphatic heterocycles. The monoisotopic (exact) mass is 528 g/mol. The fraction of sp³-hybridized carbons (Fsp3) is 0.632. The van der Waals surface area contributed by atoms with Gasteiger partial charge in [-0.3, -0.25) is 9.89 Å². The van der Waals surface area contributed by atoms with Crippen molar-refractivity contribution in [1.29, 1.82) is 0 Å². The number of rotatable bonds is 9. The third kappa shape index (κ3) is 7.35. The molecule has 3 rings (SSSR count). The highest BCUT2D eigenvalue weighted by molar-refractivity contribution is 14.0. The molecule has 2 aromatic heterocycles. The summed E-state index contributed by atoms with van der Waals surface area (Å²) in [4.78, 5) is 17.7. The average Bonchev–Trinajstić information content (AvgIpc) is 3.24. The maximum atomic E-state index is 4.34. The molecule has 2 aromatic rings. The van der Waals surface area contributed by atoms with E-state index < -0.39 is 0 Å². The number of anilines is 1. The molecule has 10 nitrogen and oxygen atoms in total. The van der Waals surface area contributed by atoms with Gasteiger partial charge in [0.15, 0.2) is 5.96 Å². The lowest BCUT2D eigenvalue weighted by molar-refractivity contribution is 0.254. The SMILES string of the molecule is CCc1nncn1CCNC(=NC)NCCCN1CCN(c2ncccn2)CC1.I. The number of nitrogens with one attached hydrogen (secondary N) is 2. The number of hydrogen-bond donors (Lipinski definition) is 2. The number of guanidine groups is 1. The highest BCUT2D eigenvalue weighted by Gasteiger charge is 2.18. The Balaban J connectivity index is 0.00000320. The number of aromatic nitrogens is 5. The molecule has 30 heavy (non-hydrogen) atoms. The van der Waals surface area contributed by atoms with Gasteiger partial charge >= 0.3 is 0 Å². The Morgan fingerprint density at radius 1 is 1.07 bits per heavy atom. The molecule has 3 heterocycles. The van der Waals surface area contributed by atoms with Gasteiger partial charge in [0.1, 0.15) is 12.2 Å². The molecule has 1 saturated heterocycles. The zero-order valence-corrected chi connectivity index (χ0v) is 20.2. The van der Waals surface area contributed by atoms with Gasteiger partial charge in [0.05, 0.1) is 0 Å². The lowest BCUT2D eigenvalue weighted by Gasteiger charge is -2.34. The van der Waals surface area contributed by atoms with Gasteiger partial charge in [-0.25, -0.2) is 9.97 Å². The largest absolute Gasteiger partial charge is 0.356 e. The fourth-order valence-electron chi connectivity index (χ4n) is 3.39. The number of aryl methyl sites for hydroxylation is 1. The van der Waals surface area contributed by atoms with Crippen molar-refractivity contribution in [2.24, 2.45) is 4.99 Å². The molecule has 0 spiro atoms. The Labute approximate surface area is 195 Å².